The minimum Gasteiger partial charge on any atom is -0.462 e. The number of carbonyl (C=O) groups excluding carboxylic acids is 2. The Bertz CT molecular complexity index is 1420. The first-order chi connectivity index (χ1) is 33.0. The Labute approximate surface area is 407 Å². The van der Waals surface area contributed by atoms with E-state index in [0.29, 0.717) is 12.8 Å². The third-order valence-corrected chi connectivity index (χ3v) is 12.1. The zero-order valence-corrected chi connectivity index (χ0v) is 41.3. The van der Waals surface area contributed by atoms with E-state index in [9.17, 15) is 45.3 Å². The van der Waals surface area contributed by atoms with E-state index >= 15 is 0 Å². The molecule has 68 heavy (non-hydrogen) atoms. The van der Waals surface area contributed by atoms with Crippen molar-refractivity contribution in [1.29, 1.82) is 0 Å². The number of aliphatic hydroxyl groups is 7. The van der Waals surface area contributed by atoms with Crippen LogP contribution in [0, 0.1) is 0 Å². The lowest BCUT2D eigenvalue weighted by Crippen LogP contribution is -2.61. The van der Waals surface area contributed by atoms with E-state index in [1.54, 1.807) is 0 Å². The first-order valence-electron chi connectivity index (χ1n) is 25.9. The fraction of sp³-hybridized carbons (Fsp3) is 0.774. The molecule has 0 aromatic heterocycles. The number of esters is 2. The molecule has 2 aliphatic rings. The summed E-state index contributed by atoms with van der Waals surface area (Å²) in [6.07, 6.45) is 28.1. The zero-order chi connectivity index (χ0) is 49.6. The van der Waals surface area contributed by atoms with Crippen LogP contribution in [-0.4, -0.2) is 142 Å². The van der Waals surface area contributed by atoms with Crippen molar-refractivity contribution < 1.29 is 73.8 Å². The summed E-state index contributed by atoms with van der Waals surface area (Å²) in [5.74, 6) is -0.960. The number of allylic oxidation sites excluding steroid dienone is 10. The van der Waals surface area contributed by atoms with Gasteiger partial charge in [0.2, 0.25) is 0 Å². The minimum absolute atomic E-state index is 0.152. The molecule has 4 unspecified atom stereocenters. The maximum absolute atomic E-state index is 13.0. The lowest BCUT2D eigenvalue weighted by Gasteiger charge is -2.42. The van der Waals surface area contributed by atoms with Gasteiger partial charge in [0, 0.05) is 12.8 Å². The highest BCUT2D eigenvalue weighted by molar-refractivity contribution is 5.70. The van der Waals surface area contributed by atoms with Gasteiger partial charge in [-0.3, -0.25) is 9.59 Å². The summed E-state index contributed by atoms with van der Waals surface area (Å²) in [6, 6.07) is 0. The van der Waals surface area contributed by atoms with Crippen molar-refractivity contribution in [2.75, 3.05) is 26.4 Å². The molecule has 7 N–H and O–H groups in total. The van der Waals surface area contributed by atoms with Crippen molar-refractivity contribution in [3.63, 3.8) is 0 Å². The standard InChI is InChI=1S/C53H90O15/c1-3-5-7-9-11-13-15-17-19-20-22-24-26-28-30-32-34-36-45(56)66-41(38-63-44(55)35-33-31-29-27-25-23-21-18-16-14-12-10-8-6-4-2)39-64-52-51(62)49(60)47(58)43(68-52)40-65-53-50(61)48(59)46(57)42(37-54)67-53/h6,8,10,12,14,16-19,21,41-43,46-54,57-62H,3-5,7,9,11,13,15,20,22-40H2,1-2H3/b8-6+,12-10+,16-14+,19-17+,21-18+/t41-,42+,43+,46-,47-,48?,49?,50?,51?,52+,53+/m1/s1. The predicted octanol–water partition coefficient (Wildman–Crippen LogP) is 7.27. The second-order valence-electron chi connectivity index (χ2n) is 18.1. The average molecular weight is 967 g/mol. The molecule has 0 amide bonds. The van der Waals surface area contributed by atoms with Crippen LogP contribution in [0.5, 0.6) is 0 Å². The largest absolute Gasteiger partial charge is 0.462 e. The first-order valence-corrected chi connectivity index (χ1v) is 25.9. The summed E-state index contributed by atoms with van der Waals surface area (Å²) < 4.78 is 33.6. The van der Waals surface area contributed by atoms with Crippen molar-refractivity contribution in [2.24, 2.45) is 0 Å². The number of ether oxygens (including phenoxy) is 6. The normalized spacial score (nSPS) is 26.2. The molecule has 2 fully saturated rings. The van der Waals surface area contributed by atoms with Crippen LogP contribution in [0.15, 0.2) is 60.8 Å². The van der Waals surface area contributed by atoms with Gasteiger partial charge in [-0.05, 0) is 57.8 Å². The van der Waals surface area contributed by atoms with E-state index in [-0.39, 0.29) is 19.4 Å². The molecule has 392 valence electrons. The quantitative estimate of drug-likeness (QED) is 0.0139. The summed E-state index contributed by atoms with van der Waals surface area (Å²) in [7, 11) is 0. The topological polar surface area (TPSA) is 231 Å². The molecular formula is C53H90O15. The van der Waals surface area contributed by atoms with Crippen molar-refractivity contribution in [3.05, 3.63) is 60.8 Å². The van der Waals surface area contributed by atoms with Gasteiger partial charge < -0.3 is 64.2 Å². The molecule has 2 saturated heterocycles. The molecule has 0 spiro atoms. The molecule has 2 aliphatic heterocycles. The van der Waals surface area contributed by atoms with Gasteiger partial charge in [-0.2, -0.15) is 0 Å². The molecule has 0 saturated carbocycles. The lowest BCUT2D eigenvalue weighted by atomic mass is 9.98. The van der Waals surface area contributed by atoms with Gasteiger partial charge in [0.25, 0.3) is 0 Å². The van der Waals surface area contributed by atoms with E-state index in [0.717, 1.165) is 70.6 Å². The van der Waals surface area contributed by atoms with E-state index < -0.39 is 99.3 Å². The summed E-state index contributed by atoms with van der Waals surface area (Å²) in [5.41, 5.74) is 0. The van der Waals surface area contributed by atoms with E-state index in [2.05, 4.69) is 38.2 Å². The van der Waals surface area contributed by atoms with Crippen LogP contribution in [0.2, 0.25) is 0 Å². The Kier molecular flexibility index (Phi) is 36.0. The van der Waals surface area contributed by atoms with Crippen molar-refractivity contribution in [3.8, 4) is 0 Å². The number of unbranched alkanes of at least 4 members (excludes halogenated alkanes) is 18. The highest BCUT2D eigenvalue weighted by Gasteiger charge is 2.47. The van der Waals surface area contributed by atoms with Crippen molar-refractivity contribution in [2.45, 2.75) is 235 Å². The third-order valence-electron chi connectivity index (χ3n) is 12.1. The highest BCUT2D eigenvalue weighted by atomic mass is 16.7. The number of aliphatic hydroxyl groups excluding tert-OH is 7. The first kappa shape index (κ1) is 61.3. The smallest absolute Gasteiger partial charge is 0.306 e. The summed E-state index contributed by atoms with van der Waals surface area (Å²) in [4.78, 5) is 25.8. The van der Waals surface area contributed by atoms with Crippen LogP contribution in [-0.2, 0) is 38.0 Å². The highest BCUT2D eigenvalue weighted by Crippen LogP contribution is 2.26. The fourth-order valence-electron chi connectivity index (χ4n) is 7.81. The molecule has 11 atom stereocenters. The lowest BCUT2D eigenvalue weighted by molar-refractivity contribution is -0.332. The Morgan fingerprint density at radius 2 is 0.941 bits per heavy atom. The maximum Gasteiger partial charge on any atom is 0.306 e. The minimum atomic E-state index is -1.77. The van der Waals surface area contributed by atoms with Gasteiger partial charge in [-0.15, -0.1) is 0 Å². The number of carbonyl (C=O) groups is 2. The molecule has 0 bridgehead atoms. The number of hydrogen-bond acceptors (Lipinski definition) is 15. The molecule has 2 rings (SSSR count). The van der Waals surface area contributed by atoms with Gasteiger partial charge in [-0.1, -0.05) is 158 Å². The van der Waals surface area contributed by atoms with Gasteiger partial charge >= 0.3 is 11.9 Å². The van der Waals surface area contributed by atoms with E-state index in [1.807, 2.05) is 36.5 Å². The average Bonchev–Trinajstić information content (AvgIpc) is 3.33. The molecule has 0 radical (unpaired) electrons. The fourth-order valence-corrected chi connectivity index (χ4v) is 7.81. The number of rotatable bonds is 39. The van der Waals surface area contributed by atoms with Crippen LogP contribution in [0.1, 0.15) is 168 Å². The van der Waals surface area contributed by atoms with Crippen LogP contribution in [0.25, 0.3) is 0 Å². The molecule has 2 heterocycles. The Morgan fingerprint density at radius 1 is 0.485 bits per heavy atom. The van der Waals surface area contributed by atoms with Gasteiger partial charge in [0.1, 0.15) is 55.4 Å². The van der Waals surface area contributed by atoms with Gasteiger partial charge in [0.15, 0.2) is 18.7 Å². The number of hydrogen-bond donors (Lipinski definition) is 7. The van der Waals surface area contributed by atoms with Crippen LogP contribution in [0.4, 0.5) is 0 Å². The van der Waals surface area contributed by atoms with Crippen molar-refractivity contribution >= 4 is 11.9 Å². The van der Waals surface area contributed by atoms with Gasteiger partial charge in [0.05, 0.1) is 19.8 Å². The van der Waals surface area contributed by atoms with Gasteiger partial charge in [-0.25, -0.2) is 0 Å². The second kappa shape index (κ2) is 39.9. The van der Waals surface area contributed by atoms with Crippen LogP contribution >= 0.6 is 0 Å². The second-order valence-corrected chi connectivity index (χ2v) is 18.1. The maximum atomic E-state index is 13.0. The Hall–Kier alpha value is -2.80. The van der Waals surface area contributed by atoms with E-state index in [4.69, 9.17) is 28.4 Å². The van der Waals surface area contributed by atoms with Crippen molar-refractivity contribution in [1.82, 2.24) is 0 Å². The summed E-state index contributed by atoms with van der Waals surface area (Å²) in [6.45, 7) is 2.41. The van der Waals surface area contributed by atoms with E-state index in [1.165, 1.54) is 57.8 Å². The molecule has 0 aliphatic carbocycles. The Balaban J connectivity index is 1.82. The predicted molar refractivity (Wildman–Crippen MR) is 261 cm³/mol. The SMILES string of the molecule is CC/C=C/C=C/C=C/C=C/CCCCCCCC(=O)OC[C@H](CO[C@H]1O[C@@H](CO[C@H]2O[C@@H](CO)[C@@H](O)C(O)C2O)[C@@H](O)C(O)C1O)OC(=O)CCCCCCCCC/C=C/CCCCCCCC. The van der Waals surface area contributed by atoms with Crippen LogP contribution < -0.4 is 0 Å². The third kappa shape index (κ3) is 27.6. The molecule has 15 nitrogen and oxygen atoms in total. The zero-order valence-electron chi connectivity index (χ0n) is 41.3. The molecule has 0 aromatic carbocycles. The summed E-state index contributed by atoms with van der Waals surface area (Å²) in [5, 5.41) is 72.1. The molecule has 0 aromatic rings. The Morgan fingerprint density at radius 3 is 1.50 bits per heavy atom. The molecule has 15 heteroatoms. The summed E-state index contributed by atoms with van der Waals surface area (Å²) >= 11 is 0. The monoisotopic (exact) mass is 967 g/mol. The van der Waals surface area contributed by atoms with Crippen LogP contribution in [0.3, 0.4) is 0 Å². The molecular weight excluding hydrogens is 877 g/mol.